The lowest BCUT2D eigenvalue weighted by atomic mass is 9.84. The molecule has 2 nitrogen and oxygen atoms in total. The molecule has 1 aliphatic carbocycles. The lowest BCUT2D eigenvalue weighted by molar-refractivity contribution is 0.417. The molecule has 0 heterocycles. The molecule has 1 aliphatic rings. The monoisotopic (exact) mass is 490 g/mol. The van der Waals surface area contributed by atoms with E-state index < -0.39 is 0 Å². The zero-order valence-electron chi connectivity index (χ0n) is 23.2. The molecule has 2 unspecified atom stereocenters. The van der Waals surface area contributed by atoms with Crippen molar-refractivity contribution >= 4 is 17.1 Å². The summed E-state index contributed by atoms with van der Waals surface area (Å²) in [6.45, 7) is 20.0. The van der Waals surface area contributed by atoms with Crippen molar-refractivity contribution in [2.75, 3.05) is 10.6 Å². The lowest BCUT2D eigenvalue weighted by Gasteiger charge is -2.22. The van der Waals surface area contributed by atoms with E-state index in [4.69, 9.17) is 0 Å². The van der Waals surface area contributed by atoms with Gasteiger partial charge in [-0.25, -0.2) is 0 Å². The van der Waals surface area contributed by atoms with Crippen molar-refractivity contribution < 1.29 is 0 Å². The van der Waals surface area contributed by atoms with E-state index >= 15 is 0 Å². The minimum absolute atomic E-state index is 0.262. The summed E-state index contributed by atoms with van der Waals surface area (Å²) in [6, 6.07) is 25.7. The number of rotatable bonds is 9. The highest BCUT2D eigenvalue weighted by molar-refractivity contribution is 5.75. The van der Waals surface area contributed by atoms with Crippen molar-refractivity contribution in [3.8, 4) is 0 Å². The van der Waals surface area contributed by atoms with Gasteiger partial charge in [0, 0.05) is 22.8 Å². The number of allylic oxidation sites excluding steroid dienone is 3. The standard InChI is InChI=1S/C35H42N2/c1-24-11-15-34(16-12-24)37-27(4)30-10-8-9-29(22-30)21-28-13-17-33(18-14-28)36-26(3)20-31-23-32(19-25(31)2)35(5,6)7/h8-19,22,25,31,36-37H,3-4,20-21,23H2,1-2,5-7H3. The van der Waals surface area contributed by atoms with Crippen LogP contribution in [-0.4, -0.2) is 0 Å². The molecular weight excluding hydrogens is 448 g/mol. The summed E-state index contributed by atoms with van der Waals surface area (Å²) in [6.07, 6.45) is 5.55. The van der Waals surface area contributed by atoms with Gasteiger partial charge < -0.3 is 10.6 Å². The first-order valence-corrected chi connectivity index (χ1v) is 13.4. The number of anilines is 2. The van der Waals surface area contributed by atoms with Gasteiger partial charge in [-0.15, -0.1) is 0 Å². The summed E-state index contributed by atoms with van der Waals surface area (Å²) in [7, 11) is 0. The van der Waals surface area contributed by atoms with Crippen molar-refractivity contribution in [1.29, 1.82) is 0 Å². The van der Waals surface area contributed by atoms with Crippen LogP contribution in [0.1, 0.15) is 62.8 Å². The highest BCUT2D eigenvalue weighted by Gasteiger charge is 2.30. The van der Waals surface area contributed by atoms with Crippen molar-refractivity contribution in [1.82, 2.24) is 0 Å². The molecule has 0 amide bonds. The summed E-state index contributed by atoms with van der Waals surface area (Å²) in [5.74, 6) is 1.24. The Morgan fingerprint density at radius 2 is 1.51 bits per heavy atom. The van der Waals surface area contributed by atoms with Crippen molar-refractivity contribution in [2.24, 2.45) is 17.3 Å². The molecule has 2 atom stereocenters. The van der Waals surface area contributed by atoms with E-state index in [0.717, 1.165) is 41.2 Å². The maximum atomic E-state index is 4.34. The molecule has 37 heavy (non-hydrogen) atoms. The van der Waals surface area contributed by atoms with Crippen LogP contribution >= 0.6 is 0 Å². The van der Waals surface area contributed by atoms with Crippen LogP contribution in [0.5, 0.6) is 0 Å². The second-order valence-electron chi connectivity index (χ2n) is 11.7. The Labute approximate surface area is 224 Å². The third-order valence-corrected chi connectivity index (χ3v) is 7.47. The minimum atomic E-state index is 0.262. The molecule has 2 heteroatoms. The van der Waals surface area contributed by atoms with Gasteiger partial charge in [0.05, 0.1) is 0 Å². The van der Waals surface area contributed by atoms with Crippen LogP contribution in [0.15, 0.2) is 103 Å². The predicted molar refractivity (Wildman–Crippen MR) is 162 cm³/mol. The Morgan fingerprint density at radius 3 is 2.16 bits per heavy atom. The fraction of sp³-hybridized carbons (Fsp3) is 0.314. The Bertz CT molecular complexity index is 1270. The summed E-state index contributed by atoms with van der Waals surface area (Å²) in [5, 5.41) is 6.97. The maximum absolute atomic E-state index is 4.34. The Kier molecular flexibility index (Phi) is 8.07. The molecule has 0 saturated heterocycles. The van der Waals surface area contributed by atoms with Crippen molar-refractivity contribution in [2.45, 2.75) is 53.9 Å². The van der Waals surface area contributed by atoms with E-state index in [1.54, 1.807) is 5.57 Å². The molecule has 0 bridgehead atoms. The first kappa shape index (κ1) is 26.5. The first-order chi connectivity index (χ1) is 17.6. The first-order valence-electron chi connectivity index (χ1n) is 13.4. The molecule has 0 aliphatic heterocycles. The van der Waals surface area contributed by atoms with E-state index in [1.165, 1.54) is 23.1 Å². The number of benzene rings is 3. The summed E-state index contributed by atoms with van der Waals surface area (Å²) in [5.41, 5.74) is 10.9. The topological polar surface area (TPSA) is 24.1 Å². The largest absolute Gasteiger partial charge is 0.359 e. The Morgan fingerprint density at radius 1 is 0.865 bits per heavy atom. The van der Waals surface area contributed by atoms with Gasteiger partial charge in [-0.1, -0.05) is 101 Å². The van der Waals surface area contributed by atoms with Crippen LogP contribution in [0.25, 0.3) is 5.70 Å². The van der Waals surface area contributed by atoms with E-state index in [1.807, 2.05) is 0 Å². The molecular formula is C35H42N2. The molecule has 192 valence electrons. The molecule has 4 rings (SSSR count). The van der Waals surface area contributed by atoms with Gasteiger partial charge in [-0.3, -0.25) is 0 Å². The number of hydrogen-bond donors (Lipinski definition) is 2. The maximum Gasteiger partial charge on any atom is 0.0384 e. The lowest BCUT2D eigenvalue weighted by Crippen LogP contribution is -2.12. The van der Waals surface area contributed by atoms with Crippen LogP contribution in [0.4, 0.5) is 11.4 Å². The van der Waals surface area contributed by atoms with Crippen LogP contribution < -0.4 is 10.6 Å². The fourth-order valence-corrected chi connectivity index (χ4v) is 5.07. The van der Waals surface area contributed by atoms with E-state index in [9.17, 15) is 0 Å². The highest BCUT2D eigenvalue weighted by Crippen LogP contribution is 2.42. The third kappa shape index (κ3) is 7.26. The van der Waals surface area contributed by atoms with Gasteiger partial charge >= 0.3 is 0 Å². The van der Waals surface area contributed by atoms with Gasteiger partial charge in [0.1, 0.15) is 0 Å². The average molecular weight is 491 g/mol. The second kappa shape index (κ2) is 11.3. The SMILES string of the molecule is C=C(CC1CC(C(C)(C)C)=CC1C)Nc1ccc(Cc2cccc(C(=C)Nc3ccc(C)cc3)c2)cc1. The molecule has 2 N–H and O–H groups in total. The van der Waals surface area contributed by atoms with Crippen molar-refractivity contribution in [3.63, 3.8) is 0 Å². The molecule has 0 radical (unpaired) electrons. The molecule has 3 aromatic rings. The smallest absolute Gasteiger partial charge is 0.0384 e. The van der Waals surface area contributed by atoms with Gasteiger partial charge in [-0.05, 0) is 90.5 Å². The molecule has 3 aromatic carbocycles. The number of hydrogen-bond acceptors (Lipinski definition) is 2. The average Bonchev–Trinajstić information content (AvgIpc) is 3.22. The van der Waals surface area contributed by atoms with Crippen molar-refractivity contribution in [3.05, 3.63) is 126 Å². The predicted octanol–water partition coefficient (Wildman–Crippen LogP) is 9.61. The summed E-state index contributed by atoms with van der Waals surface area (Å²) < 4.78 is 0. The Balaban J connectivity index is 1.31. The van der Waals surface area contributed by atoms with E-state index in [0.29, 0.717) is 11.8 Å². The summed E-state index contributed by atoms with van der Waals surface area (Å²) >= 11 is 0. The number of nitrogens with one attached hydrogen (secondary N) is 2. The van der Waals surface area contributed by atoms with E-state index in [2.05, 4.69) is 137 Å². The van der Waals surface area contributed by atoms with Crippen LogP contribution in [0.2, 0.25) is 0 Å². The molecule has 0 aromatic heterocycles. The quantitative estimate of drug-likeness (QED) is 0.292. The zero-order valence-corrected chi connectivity index (χ0v) is 23.2. The van der Waals surface area contributed by atoms with E-state index in [-0.39, 0.29) is 5.41 Å². The summed E-state index contributed by atoms with van der Waals surface area (Å²) in [4.78, 5) is 0. The van der Waals surface area contributed by atoms with Gasteiger partial charge in [-0.2, -0.15) is 0 Å². The molecule has 0 saturated carbocycles. The second-order valence-corrected chi connectivity index (χ2v) is 11.7. The number of aryl methyl sites for hydroxylation is 1. The Hall–Kier alpha value is -3.52. The third-order valence-electron chi connectivity index (χ3n) is 7.47. The van der Waals surface area contributed by atoms with Crippen LogP contribution in [0.3, 0.4) is 0 Å². The zero-order chi connectivity index (χ0) is 26.6. The van der Waals surface area contributed by atoms with Gasteiger partial charge in [0.2, 0.25) is 0 Å². The molecule has 0 fully saturated rings. The van der Waals surface area contributed by atoms with Crippen LogP contribution in [-0.2, 0) is 6.42 Å². The fourth-order valence-electron chi connectivity index (χ4n) is 5.07. The van der Waals surface area contributed by atoms with Crippen LogP contribution in [0, 0.1) is 24.2 Å². The minimum Gasteiger partial charge on any atom is -0.359 e. The van der Waals surface area contributed by atoms with Gasteiger partial charge in [0.25, 0.3) is 0 Å². The normalized spacial score (nSPS) is 17.3. The highest BCUT2D eigenvalue weighted by atomic mass is 14.9. The molecule has 0 spiro atoms. The van der Waals surface area contributed by atoms with Gasteiger partial charge in [0.15, 0.2) is 0 Å².